The average Bonchev–Trinajstić information content (AvgIpc) is 3.36. The van der Waals surface area contributed by atoms with Gasteiger partial charge in [0.2, 0.25) is 0 Å². The van der Waals surface area contributed by atoms with Crippen LogP contribution in [0.25, 0.3) is 22.3 Å². The summed E-state index contributed by atoms with van der Waals surface area (Å²) in [6.07, 6.45) is 5.39. The van der Waals surface area contributed by atoms with Crippen molar-refractivity contribution in [3.63, 3.8) is 0 Å². The molecule has 0 amide bonds. The van der Waals surface area contributed by atoms with Crippen LogP contribution in [0, 0.1) is 23.5 Å². The first kappa shape index (κ1) is 57.7. The molecule has 0 saturated carbocycles. The second-order valence-corrected chi connectivity index (χ2v) is 19.7. The fourth-order valence-electron chi connectivity index (χ4n) is 7.98. The lowest BCUT2D eigenvalue weighted by Gasteiger charge is -2.24. The number of carbonyl (C=O) groups is 2. The number of aliphatic carboxylic acids is 1. The molecule has 6 aromatic rings. The molecule has 0 bridgehead atoms. The van der Waals surface area contributed by atoms with Gasteiger partial charge in [-0.05, 0) is 154 Å². The van der Waals surface area contributed by atoms with Gasteiger partial charge in [0.05, 0.1) is 33.2 Å². The second-order valence-electron chi connectivity index (χ2n) is 19.4. The van der Waals surface area contributed by atoms with Crippen LogP contribution in [0.3, 0.4) is 0 Å². The number of rotatable bonds is 18. The number of aromatic hydroxyl groups is 1. The molecule has 0 radical (unpaired) electrons. The number of allylic oxidation sites excluding steroid dienone is 2. The first-order chi connectivity index (χ1) is 34.1. The standard InChI is InChI=1S/C30H33FO4.C18H20ClFO.C13H16O3/c1-6-7-22(29(32)33)16-20-8-11-23(12-9-20)35-19-21-10-14-27(30(2,3)4)25(17-21)26-18-24(34-5)13-15-28(26)31;1-18(2,3)16-7-5-12(11-19)9-14(16)15-10-13(21-4)6-8-17(15)20;1-3-4-11(13(15)16-2)9-10-5-7-12(14)8-6-10/h6,8-15,17-18,22H,1,7,16,19H2,2-5H3,(H,32,33);5-10H,11H2,1-4H3;3,5-8,11,14H,1,4,9H2,2H3. The lowest BCUT2D eigenvalue weighted by molar-refractivity contribution is -0.145. The van der Waals surface area contributed by atoms with Crippen molar-refractivity contribution in [1.29, 1.82) is 0 Å². The van der Waals surface area contributed by atoms with Crippen LogP contribution in [0.5, 0.6) is 23.0 Å². The Morgan fingerprint density at radius 1 is 0.583 bits per heavy atom. The minimum atomic E-state index is -0.827. The number of hydrogen-bond donors (Lipinski definition) is 2. The molecule has 0 aliphatic rings. The highest BCUT2D eigenvalue weighted by Gasteiger charge is 2.24. The van der Waals surface area contributed by atoms with Crippen molar-refractivity contribution in [3.8, 4) is 45.3 Å². The molecule has 2 N–H and O–H groups in total. The summed E-state index contributed by atoms with van der Waals surface area (Å²) in [4.78, 5) is 22.8. The number of phenolic OH excluding ortho intramolecular Hbond substituents is 1. The van der Waals surface area contributed by atoms with Gasteiger partial charge in [0.1, 0.15) is 41.2 Å². The van der Waals surface area contributed by atoms with E-state index >= 15 is 0 Å². The molecule has 0 spiro atoms. The van der Waals surface area contributed by atoms with Crippen LogP contribution in [0.2, 0.25) is 0 Å². The molecule has 8 nitrogen and oxygen atoms in total. The Morgan fingerprint density at radius 2 is 1.00 bits per heavy atom. The number of phenols is 1. The Labute approximate surface area is 429 Å². The van der Waals surface area contributed by atoms with Gasteiger partial charge in [0.15, 0.2) is 0 Å². The van der Waals surface area contributed by atoms with E-state index in [4.69, 9.17) is 35.7 Å². The number of benzene rings is 6. The van der Waals surface area contributed by atoms with Crippen LogP contribution in [-0.4, -0.2) is 43.5 Å². The third-order valence-corrected chi connectivity index (χ3v) is 12.2. The van der Waals surface area contributed by atoms with Crippen molar-refractivity contribution in [2.24, 2.45) is 11.8 Å². The summed E-state index contributed by atoms with van der Waals surface area (Å²) in [6, 6.07) is 35.8. The molecule has 0 heterocycles. The van der Waals surface area contributed by atoms with E-state index < -0.39 is 11.9 Å². The molecule has 0 saturated heterocycles. The van der Waals surface area contributed by atoms with E-state index in [2.05, 4.69) is 54.7 Å². The Morgan fingerprint density at radius 3 is 1.43 bits per heavy atom. The zero-order chi connectivity index (χ0) is 53.2. The minimum Gasteiger partial charge on any atom is -0.508 e. The molecule has 0 aromatic heterocycles. The van der Waals surface area contributed by atoms with Gasteiger partial charge >= 0.3 is 11.9 Å². The monoisotopic (exact) mass is 1000 g/mol. The quantitative estimate of drug-likeness (QED) is 0.0498. The van der Waals surface area contributed by atoms with Crippen LogP contribution in [0.4, 0.5) is 8.78 Å². The molecule has 2 unspecified atom stereocenters. The maximum Gasteiger partial charge on any atom is 0.309 e. The van der Waals surface area contributed by atoms with Crippen LogP contribution in [-0.2, 0) is 50.5 Å². The summed E-state index contributed by atoms with van der Waals surface area (Å²) < 4.78 is 50.4. The predicted molar refractivity (Wildman–Crippen MR) is 286 cm³/mol. The summed E-state index contributed by atoms with van der Waals surface area (Å²) >= 11 is 5.93. The van der Waals surface area contributed by atoms with Gasteiger partial charge in [0, 0.05) is 17.0 Å². The SMILES string of the molecule is C=CCC(Cc1ccc(O)cc1)C(=O)OC.C=CCC(Cc1ccc(OCc2ccc(C(C)(C)C)c(-c3cc(OC)ccc3F)c2)cc1)C(=O)O.COc1ccc(F)c(-c2cc(CCl)ccc2C(C)(C)C)c1. The van der Waals surface area contributed by atoms with Gasteiger partial charge in [0.25, 0.3) is 0 Å². The van der Waals surface area contributed by atoms with E-state index in [9.17, 15) is 23.5 Å². The number of halogens is 3. The summed E-state index contributed by atoms with van der Waals surface area (Å²) in [5, 5.41) is 18.5. The topological polar surface area (TPSA) is 112 Å². The number of hydrogen-bond acceptors (Lipinski definition) is 7. The largest absolute Gasteiger partial charge is 0.508 e. The number of alkyl halides is 1. The number of carboxylic acids is 1. The Bertz CT molecular complexity index is 2740. The molecule has 72 heavy (non-hydrogen) atoms. The second kappa shape index (κ2) is 27.1. The van der Waals surface area contributed by atoms with Gasteiger partial charge < -0.3 is 29.2 Å². The van der Waals surface area contributed by atoms with Crippen LogP contribution in [0.1, 0.15) is 87.8 Å². The van der Waals surface area contributed by atoms with Crippen LogP contribution in [0.15, 0.2) is 147 Å². The van der Waals surface area contributed by atoms with Gasteiger partial charge in [-0.1, -0.05) is 102 Å². The number of methoxy groups -OCH3 is 3. The molecule has 11 heteroatoms. The molecule has 0 aliphatic carbocycles. The Balaban J connectivity index is 0.000000258. The van der Waals surface area contributed by atoms with Gasteiger partial charge in [-0.3, -0.25) is 9.59 Å². The maximum atomic E-state index is 14.8. The Kier molecular flexibility index (Phi) is 21.7. The van der Waals surface area contributed by atoms with Crippen molar-refractivity contribution in [3.05, 3.63) is 192 Å². The normalized spacial score (nSPS) is 11.9. The number of carbonyl (C=O) groups excluding carboxylic acids is 1. The number of esters is 1. The average molecular weight is 1000 g/mol. The summed E-state index contributed by atoms with van der Waals surface area (Å²) in [5.74, 6) is 0.241. The Hall–Kier alpha value is -6.91. The van der Waals surface area contributed by atoms with E-state index in [0.717, 1.165) is 44.5 Å². The molecular weight excluding hydrogens is 934 g/mol. The lowest BCUT2D eigenvalue weighted by Crippen LogP contribution is -2.18. The van der Waals surface area contributed by atoms with Gasteiger partial charge in [-0.25, -0.2) is 8.78 Å². The fraction of sp³-hybridized carbons (Fsp3) is 0.311. The van der Waals surface area contributed by atoms with Crippen molar-refractivity contribution in [1.82, 2.24) is 0 Å². The molecule has 0 aliphatic heterocycles. The lowest BCUT2D eigenvalue weighted by atomic mass is 9.81. The molecular formula is C61H69ClF2O8. The minimum absolute atomic E-state index is 0.0876. The van der Waals surface area contributed by atoms with Crippen molar-refractivity contribution >= 4 is 23.5 Å². The highest BCUT2D eigenvalue weighted by Crippen LogP contribution is 2.38. The molecule has 6 rings (SSSR count). The van der Waals surface area contributed by atoms with E-state index in [1.165, 1.54) is 19.2 Å². The molecule has 382 valence electrons. The van der Waals surface area contributed by atoms with E-state index in [0.29, 0.717) is 66.5 Å². The highest BCUT2D eigenvalue weighted by atomic mass is 35.5. The van der Waals surface area contributed by atoms with Crippen LogP contribution >= 0.6 is 11.6 Å². The predicted octanol–water partition coefficient (Wildman–Crippen LogP) is 15.0. The molecule has 0 fully saturated rings. The van der Waals surface area contributed by atoms with Crippen molar-refractivity contribution in [2.45, 2.75) is 90.5 Å². The fourth-order valence-corrected chi connectivity index (χ4v) is 8.14. The number of carboxylic acid groups (broad SMARTS) is 1. The zero-order valence-electron chi connectivity index (χ0n) is 43.0. The zero-order valence-corrected chi connectivity index (χ0v) is 43.7. The van der Waals surface area contributed by atoms with Crippen molar-refractivity contribution < 1.29 is 47.5 Å². The summed E-state index contributed by atoms with van der Waals surface area (Å²) in [5.41, 5.74) is 8.39. The summed E-state index contributed by atoms with van der Waals surface area (Å²) in [6.45, 7) is 20.2. The van der Waals surface area contributed by atoms with Gasteiger partial charge in [-0.15, -0.1) is 24.8 Å². The van der Waals surface area contributed by atoms with E-state index in [1.807, 2.05) is 60.7 Å². The first-order valence-corrected chi connectivity index (χ1v) is 24.2. The van der Waals surface area contributed by atoms with E-state index in [1.54, 1.807) is 74.9 Å². The third kappa shape index (κ3) is 16.9. The third-order valence-electron chi connectivity index (χ3n) is 11.9. The first-order valence-electron chi connectivity index (χ1n) is 23.7. The number of ether oxygens (including phenoxy) is 4. The van der Waals surface area contributed by atoms with Crippen LogP contribution < -0.4 is 14.2 Å². The van der Waals surface area contributed by atoms with Crippen molar-refractivity contribution in [2.75, 3.05) is 21.3 Å². The molecule has 6 aromatic carbocycles. The highest BCUT2D eigenvalue weighted by molar-refractivity contribution is 6.17. The summed E-state index contributed by atoms with van der Waals surface area (Å²) in [7, 11) is 4.53. The molecule has 2 atom stereocenters. The van der Waals surface area contributed by atoms with E-state index in [-0.39, 0.29) is 40.1 Å². The maximum absolute atomic E-state index is 14.8. The smallest absolute Gasteiger partial charge is 0.309 e. The van der Waals surface area contributed by atoms with Gasteiger partial charge in [-0.2, -0.15) is 0 Å².